The third-order valence-corrected chi connectivity index (χ3v) is 6.61. The Balaban J connectivity index is 1.25. The molecule has 1 N–H and O–H groups in total. The van der Waals surface area contributed by atoms with Gasteiger partial charge in [-0.1, -0.05) is 31.2 Å². The van der Waals surface area contributed by atoms with E-state index in [-0.39, 0.29) is 5.91 Å². The second-order valence-electron chi connectivity index (χ2n) is 9.05. The standard InChI is InChI=1S/C26H35N3O/c1-21-13-17-28(18-14-21)20-23-5-9-24(10-6-23)26(30)27-19-22-7-11-25(12-8-22)29-15-3-2-4-16-29/h5-12,21H,2-4,13-20H2,1H3,(H,27,30). The van der Waals surface area contributed by atoms with Gasteiger partial charge in [0.25, 0.3) is 5.91 Å². The van der Waals surface area contributed by atoms with E-state index >= 15 is 0 Å². The quantitative estimate of drug-likeness (QED) is 0.747. The Morgan fingerprint density at radius 1 is 0.867 bits per heavy atom. The summed E-state index contributed by atoms with van der Waals surface area (Å²) < 4.78 is 0. The minimum absolute atomic E-state index is 0.00606. The smallest absolute Gasteiger partial charge is 0.251 e. The van der Waals surface area contributed by atoms with Crippen molar-refractivity contribution in [1.29, 1.82) is 0 Å². The molecule has 2 saturated heterocycles. The van der Waals surface area contributed by atoms with E-state index < -0.39 is 0 Å². The Labute approximate surface area is 181 Å². The topological polar surface area (TPSA) is 35.6 Å². The van der Waals surface area contributed by atoms with E-state index in [2.05, 4.69) is 58.4 Å². The van der Waals surface area contributed by atoms with Gasteiger partial charge in [0.05, 0.1) is 0 Å². The second-order valence-corrected chi connectivity index (χ2v) is 9.05. The normalized spacial score (nSPS) is 18.4. The monoisotopic (exact) mass is 405 g/mol. The molecule has 0 aromatic heterocycles. The fraction of sp³-hybridized carbons (Fsp3) is 0.500. The van der Waals surface area contributed by atoms with Crippen LogP contribution in [0.25, 0.3) is 0 Å². The van der Waals surface area contributed by atoms with Gasteiger partial charge in [-0.15, -0.1) is 0 Å². The summed E-state index contributed by atoms with van der Waals surface area (Å²) in [6.07, 6.45) is 6.50. The van der Waals surface area contributed by atoms with Crippen LogP contribution in [-0.2, 0) is 13.1 Å². The van der Waals surface area contributed by atoms with Gasteiger partial charge in [0.15, 0.2) is 0 Å². The maximum atomic E-state index is 12.5. The molecule has 2 fully saturated rings. The highest BCUT2D eigenvalue weighted by Gasteiger charge is 2.16. The zero-order valence-electron chi connectivity index (χ0n) is 18.3. The molecule has 30 heavy (non-hydrogen) atoms. The number of nitrogens with zero attached hydrogens (tertiary/aromatic N) is 2. The molecule has 2 aromatic carbocycles. The second kappa shape index (κ2) is 10.1. The number of hydrogen-bond donors (Lipinski definition) is 1. The molecule has 0 unspecified atom stereocenters. The third kappa shape index (κ3) is 5.63. The van der Waals surface area contributed by atoms with Crippen LogP contribution in [0.5, 0.6) is 0 Å². The molecule has 0 atom stereocenters. The molecule has 0 spiro atoms. The van der Waals surface area contributed by atoms with Gasteiger partial charge in [0.1, 0.15) is 0 Å². The van der Waals surface area contributed by atoms with Crippen molar-refractivity contribution in [3.05, 3.63) is 65.2 Å². The maximum absolute atomic E-state index is 12.5. The highest BCUT2D eigenvalue weighted by molar-refractivity contribution is 5.94. The molecule has 0 radical (unpaired) electrons. The Hall–Kier alpha value is -2.33. The molecule has 0 bridgehead atoms. The number of nitrogens with one attached hydrogen (secondary N) is 1. The number of benzene rings is 2. The molecule has 2 aliphatic rings. The first kappa shape index (κ1) is 20.9. The van der Waals surface area contributed by atoms with Gasteiger partial charge in [0.2, 0.25) is 0 Å². The molecule has 2 aromatic rings. The largest absolute Gasteiger partial charge is 0.372 e. The van der Waals surface area contributed by atoms with Gasteiger partial charge < -0.3 is 10.2 Å². The number of hydrogen-bond acceptors (Lipinski definition) is 3. The molecule has 2 aliphatic heterocycles. The van der Waals surface area contributed by atoms with Crippen LogP contribution >= 0.6 is 0 Å². The van der Waals surface area contributed by atoms with Crippen LogP contribution in [0.15, 0.2) is 48.5 Å². The lowest BCUT2D eigenvalue weighted by molar-refractivity contribution is 0.0951. The van der Waals surface area contributed by atoms with Gasteiger partial charge >= 0.3 is 0 Å². The number of piperidine rings is 2. The summed E-state index contributed by atoms with van der Waals surface area (Å²) >= 11 is 0. The van der Waals surface area contributed by atoms with E-state index in [1.54, 1.807) is 0 Å². The van der Waals surface area contributed by atoms with Crippen LogP contribution in [0.2, 0.25) is 0 Å². The average Bonchev–Trinajstić information content (AvgIpc) is 2.80. The summed E-state index contributed by atoms with van der Waals surface area (Å²) in [6.45, 7) is 8.56. The zero-order valence-corrected chi connectivity index (χ0v) is 18.3. The van der Waals surface area contributed by atoms with Crippen molar-refractivity contribution in [2.45, 2.75) is 52.1 Å². The first-order valence-electron chi connectivity index (χ1n) is 11.6. The predicted molar refractivity (Wildman–Crippen MR) is 124 cm³/mol. The van der Waals surface area contributed by atoms with Gasteiger partial charge in [-0.25, -0.2) is 0 Å². The van der Waals surface area contributed by atoms with E-state index in [0.29, 0.717) is 6.54 Å². The lowest BCUT2D eigenvalue weighted by atomic mass is 9.99. The predicted octanol–water partition coefficient (Wildman–Crippen LogP) is 4.84. The van der Waals surface area contributed by atoms with Gasteiger partial charge in [-0.3, -0.25) is 9.69 Å². The molecule has 4 rings (SSSR count). The minimum atomic E-state index is -0.00606. The van der Waals surface area contributed by atoms with Crippen molar-refractivity contribution in [2.75, 3.05) is 31.1 Å². The molecule has 160 valence electrons. The molecule has 0 aliphatic carbocycles. The third-order valence-electron chi connectivity index (χ3n) is 6.61. The summed E-state index contributed by atoms with van der Waals surface area (Å²) in [5.41, 5.74) is 4.45. The summed E-state index contributed by atoms with van der Waals surface area (Å²) in [7, 11) is 0. The van der Waals surface area contributed by atoms with Gasteiger partial charge in [0, 0.05) is 37.4 Å². The first-order chi connectivity index (χ1) is 14.7. The summed E-state index contributed by atoms with van der Waals surface area (Å²) in [6, 6.07) is 16.7. The maximum Gasteiger partial charge on any atom is 0.251 e. The average molecular weight is 406 g/mol. The van der Waals surface area contributed by atoms with Crippen LogP contribution in [-0.4, -0.2) is 37.0 Å². The van der Waals surface area contributed by atoms with Crippen LogP contribution in [0, 0.1) is 5.92 Å². The fourth-order valence-electron chi connectivity index (χ4n) is 4.50. The Kier molecular flexibility index (Phi) is 7.06. The molecule has 2 heterocycles. The SMILES string of the molecule is CC1CCN(Cc2ccc(C(=O)NCc3ccc(N4CCCCC4)cc3)cc2)CC1. The number of anilines is 1. The molecular formula is C26H35N3O. The number of amides is 1. The van der Waals surface area contributed by atoms with Crippen molar-refractivity contribution < 1.29 is 4.79 Å². The summed E-state index contributed by atoms with van der Waals surface area (Å²) in [4.78, 5) is 17.5. The van der Waals surface area contributed by atoms with Crippen LogP contribution < -0.4 is 10.2 Å². The van der Waals surface area contributed by atoms with E-state index in [1.807, 2.05) is 12.1 Å². The molecule has 0 saturated carbocycles. The van der Waals surface area contributed by atoms with Crippen molar-refractivity contribution in [3.8, 4) is 0 Å². The van der Waals surface area contributed by atoms with Crippen LogP contribution in [0.3, 0.4) is 0 Å². The number of likely N-dealkylation sites (tertiary alicyclic amines) is 1. The van der Waals surface area contributed by atoms with E-state index in [9.17, 15) is 4.79 Å². The molecular weight excluding hydrogens is 370 g/mol. The lowest BCUT2D eigenvalue weighted by Gasteiger charge is -2.30. The fourth-order valence-corrected chi connectivity index (χ4v) is 4.50. The van der Waals surface area contributed by atoms with Crippen LogP contribution in [0.1, 0.15) is 60.5 Å². The first-order valence-corrected chi connectivity index (χ1v) is 11.6. The summed E-state index contributed by atoms with van der Waals surface area (Å²) in [5.74, 6) is 0.849. The van der Waals surface area contributed by atoms with E-state index in [1.165, 1.54) is 56.4 Å². The van der Waals surface area contributed by atoms with Crippen molar-refractivity contribution in [3.63, 3.8) is 0 Å². The van der Waals surface area contributed by atoms with Crippen molar-refractivity contribution in [1.82, 2.24) is 10.2 Å². The number of rotatable bonds is 6. The highest BCUT2D eigenvalue weighted by Crippen LogP contribution is 2.21. The Morgan fingerprint density at radius 2 is 1.50 bits per heavy atom. The van der Waals surface area contributed by atoms with Crippen LogP contribution in [0.4, 0.5) is 5.69 Å². The molecule has 4 heteroatoms. The van der Waals surface area contributed by atoms with Crippen molar-refractivity contribution >= 4 is 11.6 Å². The molecule has 4 nitrogen and oxygen atoms in total. The lowest BCUT2D eigenvalue weighted by Crippen LogP contribution is -2.32. The number of carbonyl (C=O) groups is 1. The Bertz CT molecular complexity index is 801. The number of carbonyl (C=O) groups excluding carboxylic acids is 1. The van der Waals surface area contributed by atoms with E-state index in [4.69, 9.17) is 0 Å². The van der Waals surface area contributed by atoms with Gasteiger partial charge in [-0.05, 0) is 86.5 Å². The highest BCUT2D eigenvalue weighted by atomic mass is 16.1. The van der Waals surface area contributed by atoms with Gasteiger partial charge in [-0.2, -0.15) is 0 Å². The zero-order chi connectivity index (χ0) is 20.8. The minimum Gasteiger partial charge on any atom is -0.372 e. The molecule has 1 amide bonds. The Morgan fingerprint density at radius 3 is 2.17 bits per heavy atom. The van der Waals surface area contributed by atoms with E-state index in [0.717, 1.165) is 36.7 Å². The summed E-state index contributed by atoms with van der Waals surface area (Å²) in [5, 5.41) is 3.06. The van der Waals surface area contributed by atoms with Crippen molar-refractivity contribution in [2.24, 2.45) is 5.92 Å².